The summed E-state index contributed by atoms with van der Waals surface area (Å²) < 4.78 is 5.39. The van der Waals surface area contributed by atoms with Crippen LogP contribution < -0.4 is 9.64 Å². The Hall–Kier alpha value is -1.55. The number of anilines is 1. The third kappa shape index (κ3) is 2.58. The molecular weight excluding hydrogens is 216 g/mol. The van der Waals surface area contributed by atoms with Crippen molar-refractivity contribution in [3.63, 3.8) is 0 Å². The summed E-state index contributed by atoms with van der Waals surface area (Å²) in [7, 11) is 5.90. The Bertz CT molecular complexity index is 429. The topological polar surface area (TPSA) is 32.8 Å². The summed E-state index contributed by atoms with van der Waals surface area (Å²) in [4.78, 5) is 15.3. The van der Waals surface area contributed by atoms with Gasteiger partial charge >= 0.3 is 0 Å². The summed E-state index contributed by atoms with van der Waals surface area (Å²) in [6.07, 6.45) is 0.975. The molecule has 4 nitrogen and oxygen atoms in total. The minimum absolute atomic E-state index is 0.00209. The van der Waals surface area contributed by atoms with E-state index < -0.39 is 0 Å². The smallest absolute Gasteiger partial charge is 0.264 e. The molecule has 0 spiro atoms. The van der Waals surface area contributed by atoms with E-state index in [1.807, 2.05) is 12.1 Å². The highest BCUT2D eigenvalue weighted by Gasteiger charge is 2.22. The molecule has 1 aromatic carbocycles. The van der Waals surface area contributed by atoms with Gasteiger partial charge in [0.1, 0.15) is 5.75 Å². The summed E-state index contributed by atoms with van der Waals surface area (Å²) in [5.41, 5.74) is 2.10. The maximum Gasteiger partial charge on any atom is 0.264 e. The molecule has 0 atom stereocenters. The van der Waals surface area contributed by atoms with Gasteiger partial charge < -0.3 is 14.5 Å². The molecule has 4 heteroatoms. The number of hydrogen-bond acceptors (Lipinski definition) is 3. The van der Waals surface area contributed by atoms with Crippen LogP contribution in [0, 0.1) is 0 Å². The number of likely N-dealkylation sites (N-methyl/N-ethyl adjacent to an activating group) is 2. The van der Waals surface area contributed by atoms with Crippen molar-refractivity contribution in [3.05, 3.63) is 23.8 Å². The molecule has 1 aliphatic heterocycles. The lowest BCUT2D eigenvalue weighted by Crippen LogP contribution is -2.35. The van der Waals surface area contributed by atoms with Crippen LogP contribution in [0.3, 0.4) is 0 Å². The Morgan fingerprint density at radius 2 is 2.18 bits per heavy atom. The van der Waals surface area contributed by atoms with E-state index in [1.54, 1.807) is 11.9 Å². The van der Waals surface area contributed by atoms with Gasteiger partial charge in [0.25, 0.3) is 5.91 Å². The van der Waals surface area contributed by atoms with E-state index in [9.17, 15) is 4.79 Å². The van der Waals surface area contributed by atoms with Crippen LogP contribution in [-0.4, -0.2) is 45.1 Å². The number of benzene rings is 1. The van der Waals surface area contributed by atoms with Gasteiger partial charge in [-0.25, -0.2) is 0 Å². The zero-order valence-corrected chi connectivity index (χ0v) is 10.6. The average Bonchev–Trinajstić information content (AvgIpc) is 2.31. The Morgan fingerprint density at radius 3 is 2.88 bits per heavy atom. The highest BCUT2D eigenvalue weighted by Crippen LogP contribution is 2.31. The lowest BCUT2D eigenvalue weighted by atomic mass is 10.1. The zero-order valence-electron chi connectivity index (χ0n) is 10.6. The fourth-order valence-corrected chi connectivity index (χ4v) is 1.83. The number of carbonyl (C=O) groups is 1. The first-order chi connectivity index (χ1) is 8.08. The minimum Gasteiger partial charge on any atom is -0.482 e. The third-order valence-corrected chi connectivity index (χ3v) is 2.96. The van der Waals surface area contributed by atoms with E-state index in [-0.39, 0.29) is 12.5 Å². The largest absolute Gasteiger partial charge is 0.482 e. The van der Waals surface area contributed by atoms with Crippen LogP contribution in [0.4, 0.5) is 5.69 Å². The molecule has 1 amide bonds. The van der Waals surface area contributed by atoms with Gasteiger partial charge in [-0.1, -0.05) is 6.07 Å². The van der Waals surface area contributed by atoms with Gasteiger partial charge in [0.15, 0.2) is 6.61 Å². The van der Waals surface area contributed by atoms with Crippen molar-refractivity contribution < 1.29 is 9.53 Å². The van der Waals surface area contributed by atoms with Gasteiger partial charge in [-0.05, 0) is 38.2 Å². The molecule has 2 rings (SSSR count). The average molecular weight is 234 g/mol. The number of hydrogen-bond donors (Lipinski definition) is 0. The van der Waals surface area contributed by atoms with Gasteiger partial charge in [0.2, 0.25) is 0 Å². The van der Waals surface area contributed by atoms with Crippen molar-refractivity contribution in [3.8, 4) is 5.75 Å². The summed E-state index contributed by atoms with van der Waals surface area (Å²) >= 11 is 0. The number of rotatable bonds is 3. The monoisotopic (exact) mass is 234 g/mol. The number of carbonyl (C=O) groups excluding carboxylic acids is 1. The predicted octanol–water partition coefficient (Wildman–Crippen LogP) is 1.15. The van der Waals surface area contributed by atoms with Crippen LogP contribution >= 0.6 is 0 Å². The van der Waals surface area contributed by atoms with E-state index in [0.29, 0.717) is 0 Å². The number of ether oxygens (including phenoxy) is 1. The number of amides is 1. The molecule has 0 bridgehead atoms. The molecule has 0 radical (unpaired) electrons. The predicted molar refractivity (Wildman–Crippen MR) is 67.6 cm³/mol. The van der Waals surface area contributed by atoms with Gasteiger partial charge in [-0.2, -0.15) is 0 Å². The number of nitrogens with zero attached hydrogens (tertiary/aromatic N) is 2. The molecule has 92 valence electrons. The molecule has 0 aliphatic carbocycles. The second-order valence-electron chi connectivity index (χ2n) is 4.60. The summed E-state index contributed by atoms with van der Waals surface area (Å²) in [5.74, 6) is 0.794. The second kappa shape index (κ2) is 4.75. The fraction of sp³-hybridized carbons (Fsp3) is 0.462. The Balaban J connectivity index is 2.20. The van der Waals surface area contributed by atoms with Crippen LogP contribution in [0.25, 0.3) is 0 Å². The SMILES string of the molecule is CN(C)CCc1ccc2c(c1)N(C)C(=O)CO2. The maximum atomic E-state index is 11.5. The van der Waals surface area contributed by atoms with E-state index in [1.165, 1.54) is 5.56 Å². The molecule has 0 fully saturated rings. The van der Waals surface area contributed by atoms with E-state index in [4.69, 9.17) is 4.74 Å². The molecule has 0 saturated heterocycles. The lowest BCUT2D eigenvalue weighted by Gasteiger charge is -2.26. The standard InChI is InChI=1S/C13H18N2O2/c1-14(2)7-6-10-4-5-12-11(8-10)15(3)13(16)9-17-12/h4-5,8H,6-7,9H2,1-3H3. The lowest BCUT2D eigenvalue weighted by molar-refractivity contribution is -0.120. The molecule has 1 heterocycles. The molecule has 17 heavy (non-hydrogen) atoms. The molecule has 0 N–H and O–H groups in total. The van der Waals surface area contributed by atoms with Crippen molar-refractivity contribution in [2.45, 2.75) is 6.42 Å². The van der Waals surface area contributed by atoms with Crippen molar-refractivity contribution in [2.24, 2.45) is 0 Å². The van der Waals surface area contributed by atoms with Crippen molar-refractivity contribution in [1.29, 1.82) is 0 Å². The second-order valence-corrected chi connectivity index (χ2v) is 4.60. The van der Waals surface area contributed by atoms with Gasteiger partial charge in [0.05, 0.1) is 5.69 Å². The van der Waals surface area contributed by atoms with E-state index in [2.05, 4.69) is 25.1 Å². The van der Waals surface area contributed by atoms with Gasteiger partial charge in [0, 0.05) is 13.6 Å². The van der Waals surface area contributed by atoms with Crippen LogP contribution in [-0.2, 0) is 11.2 Å². The minimum atomic E-state index is 0.00209. The maximum absolute atomic E-state index is 11.5. The molecular formula is C13H18N2O2. The summed E-state index contributed by atoms with van der Waals surface area (Å²) in [6, 6.07) is 6.05. The van der Waals surface area contributed by atoms with Crippen molar-refractivity contribution in [1.82, 2.24) is 4.90 Å². The van der Waals surface area contributed by atoms with Crippen LogP contribution in [0.2, 0.25) is 0 Å². The van der Waals surface area contributed by atoms with Gasteiger partial charge in [-0.3, -0.25) is 4.79 Å². The normalized spacial score (nSPS) is 14.8. The molecule has 0 saturated carbocycles. The Labute approximate surface area is 102 Å². The van der Waals surface area contributed by atoms with E-state index >= 15 is 0 Å². The molecule has 1 aliphatic rings. The quantitative estimate of drug-likeness (QED) is 0.786. The zero-order chi connectivity index (χ0) is 12.4. The van der Waals surface area contributed by atoms with Crippen LogP contribution in [0.1, 0.15) is 5.56 Å². The first-order valence-electron chi connectivity index (χ1n) is 5.75. The fourth-order valence-electron chi connectivity index (χ4n) is 1.83. The summed E-state index contributed by atoms with van der Waals surface area (Å²) in [5, 5.41) is 0. The van der Waals surface area contributed by atoms with Crippen LogP contribution in [0.5, 0.6) is 5.75 Å². The van der Waals surface area contributed by atoms with Gasteiger partial charge in [-0.15, -0.1) is 0 Å². The molecule has 0 aromatic heterocycles. The van der Waals surface area contributed by atoms with Crippen molar-refractivity contribution >= 4 is 11.6 Å². The first-order valence-corrected chi connectivity index (χ1v) is 5.75. The van der Waals surface area contributed by atoms with Crippen molar-refractivity contribution in [2.75, 3.05) is 39.2 Å². The first kappa shape index (κ1) is 11.9. The van der Waals surface area contributed by atoms with E-state index in [0.717, 1.165) is 24.4 Å². The summed E-state index contributed by atoms with van der Waals surface area (Å²) in [6.45, 7) is 1.14. The Kier molecular flexibility index (Phi) is 3.33. The highest BCUT2D eigenvalue weighted by molar-refractivity contribution is 5.97. The number of fused-ring (bicyclic) bond motifs is 1. The van der Waals surface area contributed by atoms with Crippen LogP contribution in [0.15, 0.2) is 18.2 Å². The molecule has 1 aromatic rings. The highest BCUT2D eigenvalue weighted by atomic mass is 16.5. The molecule has 0 unspecified atom stereocenters. The third-order valence-electron chi connectivity index (χ3n) is 2.96. The Morgan fingerprint density at radius 1 is 1.41 bits per heavy atom.